The first-order chi connectivity index (χ1) is 6.88. The van der Waals surface area contributed by atoms with Gasteiger partial charge >= 0.3 is 0 Å². The third-order valence-electron chi connectivity index (χ3n) is 2.37. The van der Waals surface area contributed by atoms with Crippen molar-refractivity contribution in [3.63, 3.8) is 0 Å². The van der Waals surface area contributed by atoms with Gasteiger partial charge in [0.05, 0.1) is 11.1 Å². The van der Waals surface area contributed by atoms with Crippen LogP contribution < -0.4 is 5.32 Å². The van der Waals surface area contributed by atoms with Gasteiger partial charge < -0.3 is 5.32 Å². The molecule has 0 heterocycles. The smallest absolute Gasteiger partial charge is 0.185 e. The van der Waals surface area contributed by atoms with Gasteiger partial charge in [-0.15, -0.1) is 0 Å². The summed E-state index contributed by atoms with van der Waals surface area (Å²) in [6, 6.07) is 2.94. The van der Waals surface area contributed by atoms with Gasteiger partial charge in [0.15, 0.2) is 5.78 Å². The number of hydrogen-bond acceptors (Lipinski definition) is 2. The van der Waals surface area contributed by atoms with E-state index in [-0.39, 0.29) is 5.56 Å². The minimum absolute atomic E-state index is 0.101. The summed E-state index contributed by atoms with van der Waals surface area (Å²) in [5.41, 5.74) is -0.964. The van der Waals surface area contributed by atoms with E-state index in [1.807, 2.05) is 0 Å². The van der Waals surface area contributed by atoms with E-state index in [0.29, 0.717) is 6.07 Å². The molecule has 0 aromatic heterocycles. The van der Waals surface area contributed by atoms with E-state index >= 15 is 0 Å². The Morgan fingerprint density at radius 3 is 2.40 bits per heavy atom. The molecule has 1 aromatic carbocycles. The lowest BCUT2D eigenvalue weighted by atomic mass is 9.93. The molecule has 0 saturated carbocycles. The first-order valence-electron chi connectivity index (χ1n) is 4.57. The molecule has 0 aliphatic rings. The molecule has 0 spiro atoms. The molecule has 82 valence electrons. The lowest BCUT2D eigenvalue weighted by Gasteiger charge is -2.22. The van der Waals surface area contributed by atoms with Crippen LogP contribution in [-0.4, -0.2) is 18.4 Å². The molecule has 1 aromatic rings. The van der Waals surface area contributed by atoms with Crippen LogP contribution in [-0.2, 0) is 0 Å². The summed E-state index contributed by atoms with van der Waals surface area (Å²) in [4.78, 5) is 11.8. The summed E-state index contributed by atoms with van der Waals surface area (Å²) in [6.07, 6.45) is 0. The van der Waals surface area contributed by atoms with Crippen LogP contribution in [0, 0.1) is 11.6 Å². The van der Waals surface area contributed by atoms with Crippen molar-refractivity contribution in [2.75, 3.05) is 7.05 Å². The topological polar surface area (TPSA) is 29.1 Å². The van der Waals surface area contributed by atoms with Crippen molar-refractivity contribution in [1.82, 2.24) is 5.32 Å². The lowest BCUT2D eigenvalue weighted by molar-refractivity contribution is 0.0885. The van der Waals surface area contributed by atoms with Gasteiger partial charge in [-0.25, -0.2) is 8.78 Å². The van der Waals surface area contributed by atoms with E-state index in [0.717, 1.165) is 12.1 Å². The van der Waals surface area contributed by atoms with E-state index < -0.39 is 23.0 Å². The molecule has 0 aliphatic carbocycles. The van der Waals surface area contributed by atoms with Gasteiger partial charge in [0.1, 0.15) is 11.6 Å². The number of halogens is 2. The van der Waals surface area contributed by atoms with Crippen LogP contribution in [0.25, 0.3) is 0 Å². The predicted octanol–water partition coefficient (Wildman–Crippen LogP) is 2.15. The molecule has 1 N–H and O–H groups in total. The van der Waals surface area contributed by atoms with E-state index in [9.17, 15) is 13.6 Å². The summed E-state index contributed by atoms with van der Waals surface area (Å²) in [5, 5.41) is 2.77. The van der Waals surface area contributed by atoms with Crippen molar-refractivity contribution < 1.29 is 13.6 Å². The van der Waals surface area contributed by atoms with E-state index in [2.05, 4.69) is 5.32 Å². The third-order valence-corrected chi connectivity index (χ3v) is 2.37. The molecule has 0 fully saturated rings. The zero-order chi connectivity index (χ0) is 11.6. The Morgan fingerprint density at radius 2 is 1.93 bits per heavy atom. The normalized spacial score (nSPS) is 11.5. The first kappa shape index (κ1) is 11.8. The Hall–Kier alpha value is -1.29. The molecule has 2 nitrogen and oxygen atoms in total. The van der Waals surface area contributed by atoms with Crippen LogP contribution in [0.3, 0.4) is 0 Å². The largest absolute Gasteiger partial charge is 0.308 e. The quantitative estimate of drug-likeness (QED) is 0.779. The second-order valence-electron chi connectivity index (χ2n) is 3.83. The minimum atomic E-state index is -0.862. The molecule has 0 unspecified atom stereocenters. The number of nitrogens with one attached hydrogen (secondary N) is 1. The molecular formula is C11H13F2NO. The van der Waals surface area contributed by atoms with Crippen LogP contribution in [0.2, 0.25) is 0 Å². The summed E-state index contributed by atoms with van der Waals surface area (Å²) < 4.78 is 25.9. The second-order valence-corrected chi connectivity index (χ2v) is 3.83. The highest BCUT2D eigenvalue weighted by Crippen LogP contribution is 2.16. The molecule has 0 saturated heterocycles. The highest BCUT2D eigenvalue weighted by atomic mass is 19.1. The monoisotopic (exact) mass is 213 g/mol. The highest BCUT2D eigenvalue weighted by molar-refractivity contribution is 6.02. The fourth-order valence-corrected chi connectivity index (χ4v) is 1.12. The standard InChI is InChI=1S/C11H13F2NO/c1-11(2,14-3)10(15)8-5-4-7(12)6-9(8)13/h4-6,14H,1-3H3. The Morgan fingerprint density at radius 1 is 1.33 bits per heavy atom. The van der Waals surface area contributed by atoms with Gasteiger partial charge in [0.25, 0.3) is 0 Å². The Bertz CT molecular complexity index is 388. The molecule has 0 atom stereocenters. The van der Waals surface area contributed by atoms with Gasteiger partial charge in [-0.3, -0.25) is 4.79 Å². The fourth-order valence-electron chi connectivity index (χ4n) is 1.12. The molecular weight excluding hydrogens is 200 g/mol. The molecule has 4 heteroatoms. The van der Waals surface area contributed by atoms with Gasteiger partial charge in [-0.1, -0.05) is 0 Å². The minimum Gasteiger partial charge on any atom is -0.308 e. The molecule has 0 bridgehead atoms. The number of ketones is 1. The van der Waals surface area contributed by atoms with E-state index in [1.165, 1.54) is 0 Å². The van der Waals surface area contributed by atoms with Gasteiger partial charge in [-0.2, -0.15) is 0 Å². The number of rotatable bonds is 3. The average molecular weight is 213 g/mol. The Kier molecular flexibility index (Phi) is 3.19. The number of hydrogen-bond donors (Lipinski definition) is 1. The maximum Gasteiger partial charge on any atom is 0.185 e. The summed E-state index contributed by atoms with van der Waals surface area (Å²) in [7, 11) is 1.61. The summed E-state index contributed by atoms with van der Waals surface area (Å²) in [5.74, 6) is -1.92. The zero-order valence-electron chi connectivity index (χ0n) is 8.90. The maximum atomic E-state index is 13.3. The van der Waals surface area contributed by atoms with Crippen LogP contribution in [0.1, 0.15) is 24.2 Å². The summed E-state index contributed by atoms with van der Waals surface area (Å²) >= 11 is 0. The zero-order valence-corrected chi connectivity index (χ0v) is 8.90. The molecule has 0 aliphatic heterocycles. The van der Waals surface area contributed by atoms with Crippen molar-refractivity contribution >= 4 is 5.78 Å². The highest BCUT2D eigenvalue weighted by Gasteiger charge is 2.28. The van der Waals surface area contributed by atoms with Crippen molar-refractivity contribution in [1.29, 1.82) is 0 Å². The fraction of sp³-hybridized carbons (Fsp3) is 0.364. The number of carbonyl (C=O) groups excluding carboxylic acids is 1. The Balaban J connectivity index is 3.12. The number of carbonyl (C=O) groups is 1. The van der Waals surface area contributed by atoms with Crippen molar-refractivity contribution in [3.8, 4) is 0 Å². The van der Waals surface area contributed by atoms with Crippen LogP contribution >= 0.6 is 0 Å². The molecule has 15 heavy (non-hydrogen) atoms. The average Bonchev–Trinajstić information content (AvgIpc) is 2.17. The SMILES string of the molecule is CNC(C)(C)C(=O)c1ccc(F)cc1F. The number of likely N-dealkylation sites (N-methyl/N-ethyl adjacent to an activating group) is 1. The van der Waals surface area contributed by atoms with Gasteiger partial charge in [0.2, 0.25) is 0 Å². The molecule has 0 radical (unpaired) electrons. The van der Waals surface area contributed by atoms with E-state index in [4.69, 9.17) is 0 Å². The van der Waals surface area contributed by atoms with Crippen molar-refractivity contribution in [3.05, 3.63) is 35.4 Å². The van der Waals surface area contributed by atoms with Crippen molar-refractivity contribution in [2.24, 2.45) is 0 Å². The number of benzene rings is 1. The predicted molar refractivity (Wildman–Crippen MR) is 53.8 cm³/mol. The van der Waals surface area contributed by atoms with Crippen LogP contribution in [0.4, 0.5) is 8.78 Å². The number of Topliss-reactive ketones (excluding diaryl/α,β-unsaturated/α-hetero) is 1. The molecule has 0 amide bonds. The van der Waals surface area contributed by atoms with Crippen molar-refractivity contribution in [2.45, 2.75) is 19.4 Å². The molecule has 1 rings (SSSR count). The summed E-state index contributed by atoms with van der Waals surface area (Å²) in [6.45, 7) is 3.27. The maximum absolute atomic E-state index is 13.3. The first-order valence-corrected chi connectivity index (χ1v) is 4.57. The third kappa shape index (κ3) is 2.39. The van der Waals surface area contributed by atoms with Crippen LogP contribution in [0.15, 0.2) is 18.2 Å². The van der Waals surface area contributed by atoms with Gasteiger partial charge in [-0.05, 0) is 33.0 Å². The van der Waals surface area contributed by atoms with Crippen LogP contribution in [0.5, 0.6) is 0 Å². The van der Waals surface area contributed by atoms with Gasteiger partial charge in [0, 0.05) is 6.07 Å². The van der Waals surface area contributed by atoms with E-state index in [1.54, 1.807) is 20.9 Å². The lowest BCUT2D eigenvalue weighted by Crippen LogP contribution is -2.44. The second kappa shape index (κ2) is 4.06. The Labute approximate surface area is 87.3 Å².